The standard InChI is InChI=1S/C24H21AsN2O3/c1-29-14-20-10-18(13-30-20)22-12-17(24(28)27-19-5-3-2-4-6-19)9-15-7-8-16(23(25)26)11-21(15)22/h2-13,26H,14,25H2,1H3,(H,27,28). The fourth-order valence-electron chi connectivity index (χ4n) is 3.36. The summed E-state index contributed by atoms with van der Waals surface area (Å²) in [5.41, 5.74) is 3.91. The molecule has 2 N–H and O–H groups in total. The van der Waals surface area contributed by atoms with Crippen molar-refractivity contribution in [2.75, 3.05) is 12.4 Å². The predicted molar refractivity (Wildman–Crippen MR) is 122 cm³/mol. The number of nitrogens with one attached hydrogen (secondary N) is 2. The number of benzene rings is 3. The van der Waals surface area contributed by atoms with E-state index in [1.54, 1.807) is 13.4 Å². The maximum atomic E-state index is 12.9. The molecule has 0 spiro atoms. The van der Waals surface area contributed by atoms with Gasteiger partial charge in [-0.3, -0.25) is 0 Å². The molecule has 5 nitrogen and oxygen atoms in total. The third kappa shape index (κ3) is 4.23. The number of methoxy groups -OCH3 is 1. The number of anilines is 1. The van der Waals surface area contributed by atoms with Gasteiger partial charge in [0.05, 0.1) is 0 Å². The van der Waals surface area contributed by atoms with Gasteiger partial charge < -0.3 is 0 Å². The number of hydrogen-bond donors (Lipinski definition) is 2. The number of carbonyl (C=O) groups is 1. The van der Waals surface area contributed by atoms with Crippen molar-refractivity contribution in [1.29, 1.82) is 5.41 Å². The molecule has 0 saturated carbocycles. The van der Waals surface area contributed by atoms with Gasteiger partial charge in [-0.05, 0) is 0 Å². The van der Waals surface area contributed by atoms with E-state index in [1.165, 1.54) is 16.9 Å². The van der Waals surface area contributed by atoms with Crippen LogP contribution in [0.3, 0.4) is 0 Å². The molecule has 1 atom stereocenters. The molecule has 0 saturated heterocycles. The zero-order valence-electron chi connectivity index (χ0n) is 16.4. The molecule has 0 radical (unpaired) electrons. The van der Waals surface area contributed by atoms with E-state index in [2.05, 4.69) is 5.32 Å². The first-order chi connectivity index (χ1) is 14.5. The molecule has 6 heteroatoms. The van der Waals surface area contributed by atoms with Crippen LogP contribution in [-0.2, 0) is 11.3 Å². The molecule has 1 amide bonds. The van der Waals surface area contributed by atoms with Crippen LogP contribution in [0.2, 0.25) is 0 Å². The summed E-state index contributed by atoms with van der Waals surface area (Å²) in [7, 11) is 1.62. The molecule has 30 heavy (non-hydrogen) atoms. The second-order valence-corrected chi connectivity index (χ2v) is 8.14. The van der Waals surface area contributed by atoms with Crippen LogP contribution in [0.25, 0.3) is 21.9 Å². The number of para-hydroxylation sites is 1. The Morgan fingerprint density at radius 3 is 2.60 bits per heavy atom. The third-order valence-corrected chi connectivity index (χ3v) is 5.51. The van der Waals surface area contributed by atoms with Crippen molar-refractivity contribution in [3.63, 3.8) is 0 Å². The van der Waals surface area contributed by atoms with Crippen LogP contribution in [0.1, 0.15) is 21.7 Å². The van der Waals surface area contributed by atoms with Gasteiger partial charge in [-0.2, -0.15) is 0 Å². The van der Waals surface area contributed by atoms with Crippen molar-refractivity contribution < 1.29 is 13.9 Å². The Labute approximate surface area is 183 Å². The van der Waals surface area contributed by atoms with E-state index in [1.807, 2.05) is 66.7 Å². The van der Waals surface area contributed by atoms with Gasteiger partial charge in [0.2, 0.25) is 0 Å². The number of amides is 1. The van der Waals surface area contributed by atoms with Crippen LogP contribution in [0.5, 0.6) is 0 Å². The number of hydrogen-bond acceptors (Lipinski definition) is 4. The van der Waals surface area contributed by atoms with Crippen molar-refractivity contribution in [2.45, 2.75) is 6.61 Å². The Bertz CT molecular complexity index is 1230. The van der Waals surface area contributed by atoms with Crippen molar-refractivity contribution in [2.24, 2.45) is 0 Å². The van der Waals surface area contributed by atoms with Gasteiger partial charge in [0.25, 0.3) is 0 Å². The molecule has 4 aromatic rings. The summed E-state index contributed by atoms with van der Waals surface area (Å²) < 4.78 is 11.3. The van der Waals surface area contributed by atoms with Gasteiger partial charge in [0.15, 0.2) is 0 Å². The molecule has 150 valence electrons. The van der Waals surface area contributed by atoms with Gasteiger partial charge >= 0.3 is 177 Å². The van der Waals surface area contributed by atoms with E-state index in [0.29, 0.717) is 22.4 Å². The van der Waals surface area contributed by atoms with E-state index < -0.39 is 0 Å². The summed E-state index contributed by atoms with van der Waals surface area (Å²) in [6, 6.07) is 20.9. The van der Waals surface area contributed by atoms with Crippen molar-refractivity contribution >= 4 is 43.7 Å². The quantitative estimate of drug-likeness (QED) is 0.330. The molecule has 0 aliphatic heterocycles. The summed E-state index contributed by atoms with van der Waals surface area (Å²) >= 11 is 1.27. The Hall–Kier alpha value is -3.14. The number of furan rings is 1. The van der Waals surface area contributed by atoms with Crippen molar-refractivity contribution in [3.05, 3.63) is 89.9 Å². The van der Waals surface area contributed by atoms with Crippen LogP contribution >= 0.6 is 0 Å². The number of ether oxygens (including phenoxy) is 1. The van der Waals surface area contributed by atoms with Crippen LogP contribution in [0.4, 0.5) is 5.69 Å². The average molecular weight is 460 g/mol. The molecule has 1 unspecified atom stereocenters. The van der Waals surface area contributed by atoms with Gasteiger partial charge in [-0.25, -0.2) is 0 Å². The third-order valence-electron chi connectivity index (χ3n) is 4.81. The van der Waals surface area contributed by atoms with E-state index in [0.717, 1.165) is 33.2 Å². The summed E-state index contributed by atoms with van der Waals surface area (Å²) in [4.78, 5) is 12.9. The first-order valence-electron chi connectivity index (χ1n) is 9.40. The Morgan fingerprint density at radius 1 is 1.07 bits per heavy atom. The van der Waals surface area contributed by atoms with Crippen molar-refractivity contribution in [1.82, 2.24) is 0 Å². The van der Waals surface area contributed by atoms with E-state index in [-0.39, 0.29) is 5.91 Å². The van der Waals surface area contributed by atoms with Gasteiger partial charge in [-0.1, -0.05) is 6.07 Å². The second kappa shape index (κ2) is 8.70. The van der Waals surface area contributed by atoms with E-state index in [4.69, 9.17) is 14.6 Å². The second-order valence-electron chi connectivity index (χ2n) is 6.93. The van der Waals surface area contributed by atoms with E-state index >= 15 is 0 Å². The SMILES string of the molecule is COCc1cc(-c2cc(C(=O)Nc3ccccc3)cc3ccc(C(=N)[AsH2])cc23)co1. The molecular weight excluding hydrogens is 439 g/mol. The van der Waals surface area contributed by atoms with Crippen LogP contribution < -0.4 is 5.32 Å². The molecule has 0 aliphatic rings. The number of carbonyl (C=O) groups excluding carboxylic acids is 1. The Morgan fingerprint density at radius 2 is 1.87 bits per heavy atom. The van der Waals surface area contributed by atoms with Gasteiger partial charge in [0, 0.05) is 0 Å². The summed E-state index contributed by atoms with van der Waals surface area (Å²) in [6.07, 6.45) is 1.68. The number of rotatable bonds is 6. The Balaban J connectivity index is 1.83. The Kier molecular flexibility index (Phi) is 5.84. The molecule has 1 aromatic heterocycles. The summed E-state index contributed by atoms with van der Waals surface area (Å²) in [5.74, 6) is 0.531. The first-order valence-corrected chi connectivity index (χ1v) is 10.6. The minimum absolute atomic E-state index is 0.180. The van der Waals surface area contributed by atoms with Gasteiger partial charge in [0.1, 0.15) is 0 Å². The maximum absolute atomic E-state index is 12.9. The fourth-order valence-corrected chi connectivity index (χ4v) is 3.74. The first kappa shape index (κ1) is 20.1. The molecule has 0 bridgehead atoms. The zero-order chi connectivity index (χ0) is 21.1. The van der Waals surface area contributed by atoms with Crippen LogP contribution in [0.15, 0.2) is 77.4 Å². The molecule has 0 fully saturated rings. The van der Waals surface area contributed by atoms with Crippen LogP contribution in [0, 0.1) is 5.41 Å². The normalized spacial score (nSPS) is 10.9. The zero-order valence-corrected chi connectivity index (χ0v) is 18.9. The molecule has 3 aromatic carbocycles. The summed E-state index contributed by atoms with van der Waals surface area (Å²) in [5, 5.41) is 12.8. The topological polar surface area (TPSA) is 75.3 Å². The monoisotopic (exact) mass is 460 g/mol. The molecular formula is C24H21AsN2O3. The van der Waals surface area contributed by atoms with Gasteiger partial charge in [-0.15, -0.1) is 0 Å². The average Bonchev–Trinajstić information content (AvgIpc) is 3.22. The molecule has 0 aliphatic carbocycles. The molecule has 1 heterocycles. The van der Waals surface area contributed by atoms with Crippen LogP contribution in [-0.4, -0.2) is 34.4 Å². The predicted octanol–water partition coefficient (Wildman–Crippen LogP) is 4.46. The van der Waals surface area contributed by atoms with E-state index in [9.17, 15) is 4.79 Å². The fraction of sp³-hybridized carbons (Fsp3) is 0.0833. The van der Waals surface area contributed by atoms with Crippen molar-refractivity contribution in [3.8, 4) is 11.1 Å². The summed E-state index contributed by atoms with van der Waals surface area (Å²) in [6.45, 7) is 0.374. The minimum atomic E-state index is -0.180. The number of fused-ring (bicyclic) bond motifs is 1. The molecule has 4 rings (SSSR count).